The molecule has 0 amide bonds. The molecule has 0 atom stereocenters. The molecule has 1 aromatic rings. The van der Waals surface area contributed by atoms with Crippen LogP contribution in [0.15, 0.2) is 24.3 Å². The molecular formula is C18H31N3. The van der Waals surface area contributed by atoms with Gasteiger partial charge in [0.2, 0.25) is 0 Å². The molecule has 0 radical (unpaired) electrons. The molecule has 1 aliphatic rings. The first-order valence-electron chi connectivity index (χ1n) is 8.55. The maximum absolute atomic E-state index is 3.38. The van der Waals surface area contributed by atoms with Gasteiger partial charge < -0.3 is 10.2 Å². The van der Waals surface area contributed by atoms with Crippen molar-refractivity contribution in [2.45, 2.75) is 33.2 Å². The van der Waals surface area contributed by atoms with E-state index in [1.54, 1.807) is 0 Å². The first-order valence-corrected chi connectivity index (χ1v) is 8.55. The molecule has 0 aromatic heterocycles. The molecule has 1 fully saturated rings. The number of hydrogen-bond donors (Lipinski definition) is 1. The number of likely N-dealkylation sites (N-methyl/N-ethyl adjacent to an activating group) is 1. The van der Waals surface area contributed by atoms with Crippen LogP contribution in [-0.4, -0.2) is 55.6 Å². The Morgan fingerprint density at radius 3 is 2.14 bits per heavy atom. The van der Waals surface area contributed by atoms with Gasteiger partial charge in [0.05, 0.1) is 0 Å². The lowest BCUT2D eigenvalue weighted by Crippen LogP contribution is -2.45. The molecule has 0 bridgehead atoms. The Bertz CT molecular complexity index is 380. The predicted octanol–water partition coefficient (Wildman–Crippen LogP) is 2.37. The van der Waals surface area contributed by atoms with Crippen LogP contribution in [0.2, 0.25) is 0 Å². The van der Waals surface area contributed by atoms with Crippen LogP contribution in [0.4, 0.5) is 0 Å². The molecule has 118 valence electrons. The van der Waals surface area contributed by atoms with Crippen molar-refractivity contribution in [2.24, 2.45) is 0 Å². The molecule has 1 N–H and O–H groups in total. The van der Waals surface area contributed by atoms with Crippen LogP contribution in [0.3, 0.4) is 0 Å². The van der Waals surface area contributed by atoms with Crippen LogP contribution >= 0.6 is 0 Å². The topological polar surface area (TPSA) is 18.5 Å². The number of benzene rings is 1. The number of rotatable bonds is 8. The zero-order valence-corrected chi connectivity index (χ0v) is 13.8. The van der Waals surface area contributed by atoms with Gasteiger partial charge in [-0.25, -0.2) is 0 Å². The summed E-state index contributed by atoms with van der Waals surface area (Å²) >= 11 is 0. The van der Waals surface area contributed by atoms with E-state index in [0.717, 1.165) is 26.1 Å². The smallest absolute Gasteiger partial charge is 0.0234 e. The van der Waals surface area contributed by atoms with Crippen molar-refractivity contribution >= 4 is 0 Å². The monoisotopic (exact) mass is 289 g/mol. The lowest BCUT2D eigenvalue weighted by atomic mass is 10.1. The molecular weight excluding hydrogens is 258 g/mol. The Hall–Kier alpha value is -0.900. The van der Waals surface area contributed by atoms with Gasteiger partial charge in [-0.05, 0) is 43.6 Å². The highest BCUT2D eigenvalue weighted by Crippen LogP contribution is 2.10. The summed E-state index contributed by atoms with van der Waals surface area (Å²) in [6.07, 6.45) is 2.40. The third-order valence-corrected chi connectivity index (χ3v) is 4.27. The quantitative estimate of drug-likeness (QED) is 0.741. The van der Waals surface area contributed by atoms with E-state index in [0.29, 0.717) is 0 Å². The molecule has 3 heteroatoms. The molecule has 1 aromatic carbocycles. The second kappa shape index (κ2) is 9.19. The highest BCUT2D eigenvalue weighted by molar-refractivity contribution is 5.22. The minimum Gasteiger partial charge on any atom is -0.317 e. The lowest BCUT2D eigenvalue weighted by Gasteiger charge is -2.34. The summed E-state index contributed by atoms with van der Waals surface area (Å²) in [4.78, 5) is 5.17. The van der Waals surface area contributed by atoms with Crippen molar-refractivity contribution in [3.8, 4) is 0 Å². The standard InChI is InChI=1S/C18H31N3/c1-3-11-20-12-14-21(15-13-20)16-18-7-5-17(6-8-18)9-10-19-4-2/h5-8,19H,3-4,9-16H2,1-2H3. The normalized spacial score (nSPS) is 17.2. The number of nitrogens with one attached hydrogen (secondary N) is 1. The Kier molecular flexibility index (Phi) is 7.20. The van der Waals surface area contributed by atoms with Gasteiger partial charge >= 0.3 is 0 Å². The van der Waals surface area contributed by atoms with E-state index >= 15 is 0 Å². The summed E-state index contributed by atoms with van der Waals surface area (Å²) in [5.74, 6) is 0. The van der Waals surface area contributed by atoms with Crippen molar-refractivity contribution in [3.63, 3.8) is 0 Å². The average molecular weight is 289 g/mol. The number of hydrogen-bond acceptors (Lipinski definition) is 3. The van der Waals surface area contributed by atoms with Gasteiger partial charge in [0, 0.05) is 32.7 Å². The van der Waals surface area contributed by atoms with Gasteiger partial charge in [0.1, 0.15) is 0 Å². The van der Waals surface area contributed by atoms with E-state index in [9.17, 15) is 0 Å². The first-order chi connectivity index (χ1) is 10.3. The van der Waals surface area contributed by atoms with Crippen LogP contribution in [-0.2, 0) is 13.0 Å². The van der Waals surface area contributed by atoms with Crippen molar-refractivity contribution in [1.29, 1.82) is 0 Å². The molecule has 1 aliphatic heterocycles. The van der Waals surface area contributed by atoms with E-state index in [1.807, 2.05) is 0 Å². The summed E-state index contributed by atoms with van der Waals surface area (Å²) in [6.45, 7) is 13.8. The summed E-state index contributed by atoms with van der Waals surface area (Å²) < 4.78 is 0. The lowest BCUT2D eigenvalue weighted by molar-refractivity contribution is 0.127. The average Bonchev–Trinajstić information content (AvgIpc) is 2.51. The fourth-order valence-electron chi connectivity index (χ4n) is 2.97. The molecule has 0 aliphatic carbocycles. The summed E-state index contributed by atoms with van der Waals surface area (Å²) in [5.41, 5.74) is 2.89. The molecule has 0 spiro atoms. The van der Waals surface area contributed by atoms with Gasteiger partial charge in [-0.2, -0.15) is 0 Å². The summed E-state index contributed by atoms with van der Waals surface area (Å²) in [5, 5.41) is 3.38. The molecule has 3 nitrogen and oxygen atoms in total. The Morgan fingerprint density at radius 1 is 0.905 bits per heavy atom. The number of piperazine rings is 1. The van der Waals surface area contributed by atoms with Gasteiger partial charge in [-0.15, -0.1) is 0 Å². The van der Waals surface area contributed by atoms with E-state index in [4.69, 9.17) is 0 Å². The SMILES string of the molecule is CCCN1CCN(Cc2ccc(CCNCC)cc2)CC1. The Labute approximate surface area is 130 Å². The van der Waals surface area contributed by atoms with E-state index in [2.05, 4.69) is 53.2 Å². The fourth-order valence-corrected chi connectivity index (χ4v) is 2.97. The van der Waals surface area contributed by atoms with Gasteiger partial charge in [-0.3, -0.25) is 4.90 Å². The van der Waals surface area contributed by atoms with Crippen molar-refractivity contribution in [1.82, 2.24) is 15.1 Å². The van der Waals surface area contributed by atoms with Crippen LogP contribution in [0.25, 0.3) is 0 Å². The minimum absolute atomic E-state index is 1.06. The Balaban J connectivity index is 1.73. The van der Waals surface area contributed by atoms with Crippen molar-refractivity contribution in [3.05, 3.63) is 35.4 Å². The van der Waals surface area contributed by atoms with Crippen LogP contribution in [0, 0.1) is 0 Å². The molecule has 21 heavy (non-hydrogen) atoms. The predicted molar refractivity (Wildman–Crippen MR) is 90.7 cm³/mol. The second-order valence-corrected chi connectivity index (χ2v) is 6.04. The maximum Gasteiger partial charge on any atom is 0.0234 e. The second-order valence-electron chi connectivity index (χ2n) is 6.04. The minimum atomic E-state index is 1.06. The van der Waals surface area contributed by atoms with E-state index in [-0.39, 0.29) is 0 Å². The van der Waals surface area contributed by atoms with Crippen LogP contribution < -0.4 is 5.32 Å². The van der Waals surface area contributed by atoms with Gasteiger partial charge in [0.15, 0.2) is 0 Å². The largest absolute Gasteiger partial charge is 0.317 e. The third kappa shape index (κ3) is 5.77. The van der Waals surface area contributed by atoms with Crippen molar-refractivity contribution < 1.29 is 0 Å². The van der Waals surface area contributed by atoms with Gasteiger partial charge in [0.25, 0.3) is 0 Å². The molecule has 0 saturated carbocycles. The maximum atomic E-state index is 3.38. The fraction of sp³-hybridized carbons (Fsp3) is 0.667. The van der Waals surface area contributed by atoms with E-state index in [1.165, 1.54) is 50.3 Å². The Morgan fingerprint density at radius 2 is 1.52 bits per heavy atom. The zero-order valence-electron chi connectivity index (χ0n) is 13.8. The van der Waals surface area contributed by atoms with E-state index < -0.39 is 0 Å². The zero-order chi connectivity index (χ0) is 14.9. The van der Waals surface area contributed by atoms with Gasteiger partial charge in [-0.1, -0.05) is 38.1 Å². The van der Waals surface area contributed by atoms with Crippen LogP contribution in [0.1, 0.15) is 31.4 Å². The number of nitrogens with zero attached hydrogens (tertiary/aromatic N) is 2. The molecule has 2 rings (SSSR count). The van der Waals surface area contributed by atoms with Crippen LogP contribution in [0.5, 0.6) is 0 Å². The summed E-state index contributed by atoms with van der Waals surface area (Å²) in [7, 11) is 0. The molecule has 0 unspecified atom stereocenters. The highest BCUT2D eigenvalue weighted by atomic mass is 15.3. The van der Waals surface area contributed by atoms with Crippen molar-refractivity contribution in [2.75, 3.05) is 45.8 Å². The molecule has 1 saturated heterocycles. The highest BCUT2D eigenvalue weighted by Gasteiger charge is 2.15. The molecule has 1 heterocycles. The first kappa shape index (κ1) is 16.5. The summed E-state index contributed by atoms with van der Waals surface area (Å²) in [6, 6.07) is 9.19. The third-order valence-electron chi connectivity index (χ3n) is 4.27.